The van der Waals surface area contributed by atoms with Gasteiger partial charge in [-0.3, -0.25) is 4.79 Å². The van der Waals surface area contributed by atoms with Crippen LogP contribution in [0.3, 0.4) is 0 Å². The number of alkyl halides is 2. The van der Waals surface area contributed by atoms with E-state index in [4.69, 9.17) is 10.5 Å². The Morgan fingerprint density at radius 1 is 1.24 bits per heavy atom. The van der Waals surface area contributed by atoms with E-state index in [9.17, 15) is 14.9 Å². The molecule has 0 aromatic heterocycles. The summed E-state index contributed by atoms with van der Waals surface area (Å²) in [5.41, 5.74) is 4.59. The number of likely N-dealkylation sites (tertiary alicyclic amines) is 2. The van der Waals surface area contributed by atoms with Crippen molar-refractivity contribution in [2.24, 2.45) is 17.1 Å². The van der Waals surface area contributed by atoms with Gasteiger partial charge in [-0.25, -0.2) is 13.6 Å². The average molecular weight is 516 g/mol. The number of piperidine rings is 1. The van der Waals surface area contributed by atoms with Crippen LogP contribution in [-0.2, 0) is 11.2 Å². The molecule has 0 radical (unpaired) electrons. The molecule has 2 aliphatic heterocycles. The molecule has 2 saturated carbocycles. The van der Waals surface area contributed by atoms with Gasteiger partial charge in [0.15, 0.2) is 0 Å². The lowest BCUT2D eigenvalue weighted by Crippen LogP contribution is -2.73. The van der Waals surface area contributed by atoms with Crippen LogP contribution in [0.4, 0.5) is 13.6 Å². The molecule has 2 saturated heterocycles. The van der Waals surface area contributed by atoms with Crippen LogP contribution in [0.1, 0.15) is 50.5 Å². The fraction of sp³-hybridized carbons (Fsp3) is 0.667. The van der Waals surface area contributed by atoms with Crippen LogP contribution < -0.4 is 15.8 Å². The smallest absolute Gasteiger partial charge is 0.315 e. The summed E-state index contributed by atoms with van der Waals surface area (Å²) in [7, 11) is 1.43. The Labute approximate surface area is 216 Å². The second-order valence-electron chi connectivity index (χ2n) is 11.4. The Morgan fingerprint density at radius 3 is 2.49 bits per heavy atom. The van der Waals surface area contributed by atoms with Crippen molar-refractivity contribution >= 4 is 11.9 Å². The summed E-state index contributed by atoms with van der Waals surface area (Å²) in [6, 6.07) is 7.88. The van der Waals surface area contributed by atoms with Gasteiger partial charge in [0.05, 0.1) is 25.1 Å². The fourth-order valence-electron chi connectivity index (χ4n) is 6.42. The first-order chi connectivity index (χ1) is 17.6. The molecule has 1 aromatic carbocycles. The predicted molar refractivity (Wildman–Crippen MR) is 132 cm³/mol. The number of ether oxygens (including phenoxy) is 1. The van der Waals surface area contributed by atoms with E-state index in [-0.39, 0.29) is 0 Å². The molecular formula is C27H35F2N5O3. The van der Waals surface area contributed by atoms with Gasteiger partial charge < -0.3 is 25.6 Å². The third kappa shape index (κ3) is 5.11. The lowest BCUT2D eigenvalue weighted by atomic mass is 9.60. The zero-order chi connectivity index (χ0) is 26.4. The minimum absolute atomic E-state index is 0.345. The van der Waals surface area contributed by atoms with E-state index in [0.717, 1.165) is 25.9 Å². The minimum Gasteiger partial charge on any atom is -0.496 e. The highest BCUT2D eigenvalue weighted by molar-refractivity contribution is 5.83. The highest BCUT2D eigenvalue weighted by Crippen LogP contribution is 2.52. The highest BCUT2D eigenvalue weighted by atomic mass is 19.3. The molecule has 200 valence electrons. The van der Waals surface area contributed by atoms with Crippen molar-refractivity contribution in [1.29, 1.82) is 5.26 Å². The number of amides is 3. The summed E-state index contributed by atoms with van der Waals surface area (Å²) < 4.78 is 36.7. The Hall–Kier alpha value is -2.93. The number of nitrogens with two attached hydrogens (primary N) is 1. The van der Waals surface area contributed by atoms with E-state index in [1.807, 2.05) is 0 Å². The molecular weight excluding hydrogens is 480 g/mol. The number of para-hydroxylation sites is 1. The molecule has 3 N–H and O–H groups in total. The average Bonchev–Trinajstić information content (AvgIpc) is 3.78. The van der Waals surface area contributed by atoms with Crippen molar-refractivity contribution in [2.45, 2.75) is 74.9 Å². The number of hydrogen-bond donors (Lipinski definition) is 2. The number of primary amides is 1. The van der Waals surface area contributed by atoms with Crippen molar-refractivity contribution in [3.8, 4) is 11.8 Å². The standard InChI is InChI=1S/C27H35F2N5O3/c1-37-21-5-3-2-4-18(21)14-27(28,29)15-20(23(35)32-26(16-30)8-9-26)22-25(17-34(22)24(31)36)10-12-33(13-11-25)19-6-7-19/h2-5,19-20,22H,6-15,17H2,1H3,(H2,31,36)(H,32,35)/t20-,22?/m0/s1. The third-order valence-electron chi connectivity index (χ3n) is 8.79. The first-order valence-corrected chi connectivity index (χ1v) is 13.1. The molecule has 2 heterocycles. The molecule has 3 amide bonds. The van der Waals surface area contributed by atoms with E-state index in [1.165, 1.54) is 24.9 Å². The van der Waals surface area contributed by atoms with Crippen molar-refractivity contribution in [2.75, 3.05) is 26.7 Å². The first kappa shape index (κ1) is 25.7. The normalized spacial score (nSPS) is 25.0. The molecule has 4 fully saturated rings. The number of rotatable bonds is 9. The summed E-state index contributed by atoms with van der Waals surface area (Å²) in [6.45, 7) is 2.01. The Bertz CT molecular complexity index is 1090. The number of carbonyl (C=O) groups excluding carboxylic acids is 2. The van der Waals surface area contributed by atoms with E-state index in [2.05, 4.69) is 16.3 Å². The van der Waals surface area contributed by atoms with Crippen molar-refractivity contribution in [3.63, 3.8) is 0 Å². The monoisotopic (exact) mass is 515 g/mol. The molecule has 5 rings (SSSR count). The van der Waals surface area contributed by atoms with Crippen LogP contribution >= 0.6 is 0 Å². The quantitative estimate of drug-likeness (QED) is 0.525. The fourth-order valence-corrected chi connectivity index (χ4v) is 6.42. The molecule has 1 unspecified atom stereocenters. The molecule has 8 nitrogen and oxygen atoms in total. The molecule has 0 bridgehead atoms. The molecule has 37 heavy (non-hydrogen) atoms. The number of urea groups is 1. The molecule has 10 heteroatoms. The van der Waals surface area contributed by atoms with Gasteiger partial charge in [0, 0.05) is 36.4 Å². The summed E-state index contributed by atoms with van der Waals surface area (Å²) >= 11 is 0. The van der Waals surface area contributed by atoms with E-state index < -0.39 is 53.6 Å². The van der Waals surface area contributed by atoms with Crippen LogP contribution in [0.15, 0.2) is 24.3 Å². The molecule has 2 aliphatic carbocycles. The van der Waals surface area contributed by atoms with Crippen LogP contribution in [0, 0.1) is 22.7 Å². The van der Waals surface area contributed by atoms with Gasteiger partial charge in [-0.2, -0.15) is 5.26 Å². The van der Waals surface area contributed by atoms with Crippen molar-refractivity contribution < 1.29 is 23.1 Å². The number of hydrogen-bond acceptors (Lipinski definition) is 5. The van der Waals surface area contributed by atoms with E-state index in [0.29, 0.717) is 36.7 Å². The second-order valence-corrected chi connectivity index (χ2v) is 11.4. The summed E-state index contributed by atoms with van der Waals surface area (Å²) in [6.07, 6.45) is 3.44. The maximum absolute atomic E-state index is 15.7. The number of carbonyl (C=O) groups is 2. The summed E-state index contributed by atoms with van der Waals surface area (Å²) in [5.74, 6) is -4.69. The second kappa shape index (κ2) is 9.43. The van der Waals surface area contributed by atoms with Crippen LogP contribution in [0.2, 0.25) is 0 Å². The number of benzene rings is 1. The molecule has 1 spiro atoms. The van der Waals surface area contributed by atoms with Gasteiger partial charge in [-0.1, -0.05) is 18.2 Å². The SMILES string of the molecule is COc1ccccc1CC(F)(F)C[C@H](C(=O)NC1(C#N)CC1)C1N(C(N)=O)CC12CCN(C1CC1)CC2. The highest BCUT2D eigenvalue weighted by Gasteiger charge is 2.61. The molecule has 4 aliphatic rings. The Kier molecular flexibility index (Phi) is 6.55. The lowest BCUT2D eigenvalue weighted by Gasteiger charge is -2.62. The topological polar surface area (TPSA) is 112 Å². The summed E-state index contributed by atoms with van der Waals surface area (Å²) in [4.78, 5) is 29.8. The number of nitriles is 1. The van der Waals surface area contributed by atoms with Gasteiger partial charge in [0.1, 0.15) is 11.3 Å². The predicted octanol–water partition coefficient (Wildman–Crippen LogP) is 3.06. The van der Waals surface area contributed by atoms with Gasteiger partial charge in [-0.05, 0) is 57.7 Å². The zero-order valence-electron chi connectivity index (χ0n) is 21.2. The molecule has 2 atom stereocenters. The maximum Gasteiger partial charge on any atom is 0.315 e. The van der Waals surface area contributed by atoms with E-state index >= 15 is 8.78 Å². The number of nitrogens with zero attached hydrogens (tertiary/aromatic N) is 3. The van der Waals surface area contributed by atoms with Crippen molar-refractivity contribution in [1.82, 2.24) is 15.1 Å². The Morgan fingerprint density at radius 2 is 1.92 bits per heavy atom. The largest absolute Gasteiger partial charge is 0.496 e. The third-order valence-corrected chi connectivity index (χ3v) is 8.79. The minimum atomic E-state index is -3.26. The van der Waals surface area contributed by atoms with E-state index in [1.54, 1.807) is 24.3 Å². The zero-order valence-corrected chi connectivity index (χ0v) is 21.2. The van der Waals surface area contributed by atoms with Gasteiger partial charge in [0.25, 0.3) is 5.92 Å². The van der Waals surface area contributed by atoms with Crippen molar-refractivity contribution in [3.05, 3.63) is 29.8 Å². The Balaban J connectivity index is 1.42. The lowest BCUT2D eigenvalue weighted by molar-refractivity contribution is -0.153. The van der Waals surface area contributed by atoms with Gasteiger partial charge in [0.2, 0.25) is 5.91 Å². The first-order valence-electron chi connectivity index (χ1n) is 13.1. The summed E-state index contributed by atoms with van der Waals surface area (Å²) in [5, 5.41) is 12.3. The molecule has 1 aromatic rings. The number of methoxy groups -OCH3 is 1. The number of nitrogens with one attached hydrogen (secondary N) is 1. The van der Waals surface area contributed by atoms with Crippen LogP contribution in [0.5, 0.6) is 5.75 Å². The maximum atomic E-state index is 15.7. The van der Waals surface area contributed by atoms with Gasteiger partial charge in [-0.15, -0.1) is 0 Å². The van der Waals surface area contributed by atoms with Crippen LogP contribution in [0.25, 0.3) is 0 Å². The number of halogens is 2. The van der Waals surface area contributed by atoms with Crippen LogP contribution in [-0.4, -0.2) is 72.0 Å². The van der Waals surface area contributed by atoms with Gasteiger partial charge >= 0.3 is 6.03 Å².